The zero-order chi connectivity index (χ0) is 19.4. The third kappa shape index (κ3) is 4.94. The molecule has 1 saturated heterocycles. The van der Waals surface area contributed by atoms with Crippen LogP contribution >= 0.6 is 0 Å². The van der Waals surface area contributed by atoms with E-state index in [-0.39, 0.29) is 29.0 Å². The molecule has 7 heteroatoms. The topological polar surface area (TPSA) is 84.5 Å². The van der Waals surface area contributed by atoms with Crippen LogP contribution < -0.4 is 10.0 Å². The zero-order valence-electron chi connectivity index (χ0n) is 15.5. The molecule has 1 aliphatic heterocycles. The summed E-state index contributed by atoms with van der Waals surface area (Å²) >= 11 is 0. The first kappa shape index (κ1) is 19.5. The minimum atomic E-state index is -3.70. The minimum Gasteiger partial charge on any atom is -0.377 e. The lowest BCUT2D eigenvalue weighted by Gasteiger charge is -2.12. The highest BCUT2D eigenvalue weighted by Crippen LogP contribution is 2.17. The number of carbonyl (C=O) groups excluding carboxylic acids is 1. The van der Waals surface area contributed by atoms with Gasteiger partial charge in [-0.05, 0) is 68.1 Å². The van der Waals surface area contributed by atoms with Crippen molar-refractivity contribution in [1.29, 1.82) is 0 Å². The van der Waals surface area contributed by atoms with Gasteiger partial charge in [-0.1, -0.05) is 12.1 Å². The van der Waals surface area contributed by atoms with E-state index < -0.39 is 10.0 Å². The molecule has 1 unspecified atom stereocenters. The Hall–Kier alpha value is -2.22. The Morgan fingerprint density at radius 1 is 1.15 bits per heavy atom. The van der Waals surface area contributed by atoms with Gasteiger partial charge in [-0.25, -0.2) is 13.1 Å². The molecule has 0 spiro atoms. The lowest BCUT2D eigenvalue weighted by Crippen LogP contribution is -2.32. The maximum Gasteiger partial charge on any atom is 0.255 e. The van der Waals surface area contributed by atoms with E-state index in [1.807, 2.05) is 32.0 Å². The molecule has 0 saturated carbocycles. The third-order valence-electron chi connectivity index (χ3n) is 4.70. The number of sulfonamides is 1. The van der Waals surface area contributed by atoms with Gasteiger partial charge in [0.25, 0.3) is 5.91 Å². The van der Waals surface area contributed by atoms with Crippen molar-refractivity contribution in [2.45, 2.75) is 37.7 Å². The summed E-state index contributed by atoms with van der Waals surface area (Å²) in [5.41, 5.74) is 3.17. The van der Waals surface area contributed by atoms with Gasteiger partial charge >= 0.3 is 0 Å². The number of rotatable bonds is 6. The second kappa shape index (κ2) is 8.21. The summed E-state index contributed by atoms with van der Waals surface area (Å²) < 4.78 is 33.0. The maximum atomic E-state index is 12.5. The van der Waals surface area contributed by atoms with Gasteiger partial charge in [-0.15, -0.1) is 0 Å². The van der Waals surface area contributed by atoms with Gasteiger partial charge in [0.1, 0.15) is 0 Å². The molecule has 0 radical (unpaired) electrons. The third-order valence-corrected chi connectivity index (χ3v) is 6.12. The Kier molecular flexibility index (Phi) is 5.94. The summed E-state index contributed by atoms with van der Waals surface area (Å²) in [4.78, 5) is 12.6. The van der Waals surface area contributed by atoms with E-state index in [4.69, 9.17) is 4.74 Å². The van der Waals surface area contributed by atoms with Crippen molar-refractivity contribution in [3.8, 4) is 0 Å². The van der Waals surface area contributed by atoms with Gasteiger partial charge in [-0.2, -0.15) is 0 Å². The van der Waals surface area contributed by atoms with E-state index in [1.165, 1.54) is 12.1 Å². The lowest BCUT2D eigenvalue weighted by atomic mass is 10.1. The van der Waals surface area contributed by atoms with Crippen molar-refractivity contribution < 1.29 is 17.9 Å². The smallest absolute Gasteiger partial charge is 0.255 e. The fraction of sp³-hybridized carbons (Fsp3) is 0.350. The van der Waals surface area contributed by atoms with E-state index in [0.29, 0.717) is 12.3 Å². The molecule has 0 bridgehead atoms. The first-order valence-electron chi connectivity index (χ1n) is 8.95. The molecule has 1 amide bonds. The van der Waals surface area contributed by atoms with Crippen molar-refractivity contribution in [1.82, 2.24) is 4.72 Å². The summed E-state index contributed by atoms with van der Waals surface area (Å²) in [7, 11) is -3.70. The van der Waals surface area contributed by atoms with E-state index >= 15 is 0 Å². The van der Waals surface area contributed by atoms with Crippen LogP contribution in [0.5, 0.6) is 0 Å². The standard InChI is InChI=1S/C20H24N2O4S/c1-14-8-9-17(11-15(14)2)22-20(23)16-5-3-7-19(12-16)27(24,25)21-13-18-6-4-10-26-18/h3,5,7-9,11-12,18,21H,4,6,10,13H2,1-2H3,(H,22,23). The molecule has 0 aromatic heterocycles. The van der Waals surface area contributed by atoms with Crippen LogP contribution in [-0.4, -0.2) is 33.6 Å². The Morgan fingerprint density at radius 2 is 1.96 bits per heavy atom. The molecule has 0 aliphatic carbocycles. The minimum absolute atomic E-state index is 0.0632. The number of hydrogen-bond acceptors (Lipinski definition) is 4. The van der Waals surface area contributed by atoms with Gasteiger partial charge in [0.2, 0.25) is 10.0 Å². The van der Waals surface area contributed by atoms with Crippen LogP contribution in [0.1, 0.15) is 34.3 Å². The van der Waals surface area contributed by atoms with Gasteiger partial charge in [0.05, 0.1) is 11.0 Å². The van der Waals surface area contributed by atoms with Crippen molar-refractivity contribution in [3.63, 3.8) is 0 Å². The van der Waals surface area contributed by atoms with E-state index in [9.17, 15) is 13.2 Å². The van der Waals surface area contributed by atoms with Crippen molar-refractivity contribution >= 4 is 21.6 Å². The summed E-state index contributed by atoms with van der Waals surface area (Å²) in [5, 5.41) is 2.81. The fourth-order valence-electron chi connectivity index (χ4n) is 2.92. The molecule has 3 rings (SSSR count). The Labute approximate surface area is 160 Å². The fourth-order valence-corrected chi connectivity index (χ4v) is 4.03. The molecule has 1 heterocycles. The van der Waals surface area contributed by atoms with E-state index in [2.05, 4.69) is 10.0 Å². The SMILES string of the molecule is Cc1ccc(NC(=O)c2cccc(S(=O)(=O)NCC3CCCO3)c2)cc1C. The molecular weight excluding hydrogens is 364 g/mol. The number of nitrogens with one attached hydrogen (secondary N) is 2. The summed E-state index contributed by atoms with van der Waals surface area (Å²) in [6.07, 6.45) is 1.71. The Balaban J connectivity index is 1.71. The number of benzene rings is 2. The summed E-state index contributed by atoms with van der Waals surface area (Å²) in [6.45, 7) is 4.87. The molecule has 2 aromatic carbocycles. The average molecular weight is 388 g/mol. The summed E-state index contributed by atoms with van der Waals surface area (Å²) in [6, 6.07) is 11.7. The van der Waals surface area contributed by atoms with Gasteiger partial charge in [-0.3, -0.25) is 4.79 Å². The number of carbonyl (C=O) groups is 1. The molecule has 1 fully saturated rings. The van der Waals surface area contributed by atoms with Crippen molar-refractivity contribution in [3.05, 3.63) is 59.2 Å². The monoisotopic (exact) mass is 388 g/mol. The molecular formula is C20H24N2O4S. The quantitative estimate of drug-likeness (QED) is 0.797. The average Bonchev–Trinajstić information content (AvgIpc) is 3.17. The predicted molar refractivity (Wildman–Crippen MR) is 104 cm³/mol. The molecule has 6 nitrogen and oxygen atoms in total. The number of hydrogen-bond donors (Lipinski definition) is 2. The van der Waals surface area contributed by atoms with Gasteiger partial charge in [0.15, 0.2) is 0 Å². The largest absolute Gasteiger partial charge is 0.377 e. The second-order valence-corrected chi connectivity index (χ2v) is 8.53. The molecule has 27 heavy (non-hydrogen) atoms. The number of anilines is 1. The first-order chi connectivity index (χ1) is 12.8. The molecule has 1 atom stereocenters. The molecule has 2 aromatic rings. The normalized spacial score (nSPS) is 17.0. The van der Waals surface area contributed by atoms with Crippen LogP contribution in [0.25, 0.3) is 0 Å². The highest BCUT2D eigenvalue weighted by molar-refractivity contribution is 7.89. The summed E-state index contributed by atoms with van der Waals surface area (Å²) in [5.74, 6) is -0.352. The molecule has 1 aliphatic rings. The van der Waals surface area contributed by atoms with Crippen LogP contribution in [0.15, 0.2) is 47.4 Å². The predicted octanol–water partition coefficient (Wildman–Crippen LogP) is 3.01. The van der Waals surface area contributed by atoms with Gasteiger partial charge in [0, 0.05) is 24.4 Å². The van der Waals surface area contributed by atoms with Gasteiger partial charge < -0.3 is 10.1 Å². The Morgan fingerprint density at radius 3 is 2.67 bits per heavy atom. The van der Waals surface area contributed by atoms with E-state index in [0.717, 1.165) is 24.0 Å². The first-order valence-corrected chi connectivity index (χ1v) is 10.4. The van der Waals surface area contributed by atoms with Crippen LogP contribution in [0.4, 0.5) is 5.69 Å². The highest BCUT2D eigenvalue weighted by atomic mass is 32.2. The van der Waals surface area contributed by atoms with Crippen LogP contribution in [0.3, 0.4) is 0 Å². The molecule has 2 N–H and O–H groups in total. The number of ether oxygens (including phenoxy) is 1. The Bertz CT molecular complexity index is 935. The van der Waals surface area contributed by atoms with Crippen LogP contribution in [-0.2, 0) is 14.8 Å². The highest BCUT2D eigenvalue weighted by Gasteiger charge is 2.21. The molecule has 144 valence electrons. The maximum absolute atomic E-state index is 12.5. The second-order valence-electron chi connectivity index (χ2n) is 6.77. The lowest BCUT2D eigenvalue weighted by molar-refractivity contribution is 0.102. The van der Waals surface area contributed by atoms with Crippen LogP contribution in [0.2, 0.25) is 0 Å². The van der Waals surface area contributed by atoms with Crippen molar-refractivity contribution in [2.75, 3.05) is 18.5 Å². The van der Waals surface area contributed by atoms with Crippen molar-refractivity contribution in [2.24, 2.45) is 0 Å². The number of amides is 1. The van der Waals surface area contributed by atoms with E-state index in [1.54, 1.807) is 12.1 Å². The van der Waals surface area contributed by atoms with Crippen LogP contribution in [0, 0.1) is 13.8 Å². The number of aryl methyl sites for hydroxylation is 2. The zero-order valence-corrected chi connectivity index (χ0v) is 16.3.